The Balaban J connectivity index is 2.72. The molecule has 0 aliphatic heterocycles. The van der Waals surface area contributed by atoms with Crippen LogP contribution in [0.3, 0.4) is 0 Å². The Bertz CT molecular complexity index is 95.9. The van der Waals surface area contributed by atoms with E-state index in [1.807, 2.05) is 0 Å². The van der Waals surface area contributed by atoms with Crippen molar-refractivity contribution in [2.45, 2.75) is 32.1 Å². The molecule has 0 radical (unpaired) electrons. The molecule has 0 heterocycles. The molecule has 0 aromatic heterocycles. The average Bonchev–Trinajstić information content (AvgIpc) is 1.97. The third kappa shape index (κ3) is 7.45. The fourth-order valence-electron chi connectivity index (χ4n) is 0.804. The van der Waals surface area contributed by atoms with Crippen molar-refractivity contribution >= 4 is 0 Å². The van der Waals surface area contributed by atoms with Crippen LogP contribution in [0.25, 0.3) is 0 Å². The molecule has 10 heavy (non-hydrogen) atoms. The van der Waals surface area contributed by atoms with Crippen LogP contribution in [0.2, 0.25) is 0 Å². The van der Waals surface area contributed by atoms with E-state index in [-0.39, 0.29) is 0 Å². The first kappa shape index (κ1) is 9.45. The second-order valence-corrected chi connectivity index (χ2v) is 2.32. The summed E-state index contributed by atoms with van der Waals surface area (Å²) in [4.78, 5) is 0. The Morgan fingerprint density at radius 3 is 2.50 bits per heavy atom. The second-order valence-electron chi connectivity index (χ2n) is 2.32. The molecule has 0 unspecified atom stereocenters. The van der Waals surface area contributed by atoms with E-state index in [1.165, 1.54) is 6.42 Å². The van der Waals surface area contributed by atoms with Gasteiger partial charge in [0.05, 0.1) is 6.07 Å². The van der Waals surface area contributed by atoms with Crippen LogP contribution >= 0.6 is 0 Å². The molecule has 0 bridgehead atoms. The van der Waals surface area contributed by atoms with Gasteiger partial charge in [-0.3, -0.25) is 0 Å². The van der Waals surface area contributed by atoms with E-state index in [2.05, 4.69) is 6.07 Å². The highest BCUT2D eigenvalue weighted by Crippen LogP contribution is 2.01. The summed E-state index contributed by atoms with van der Waals surface area (Å²) in [6, 6.07) is 2.13. The Kier molecular flexibility index (Phi) is 7.99. The van der Waals surface area contributed by atoms with Gasteiger partial charge < -0.3 is 4.74 Å². The highest BCUT2D eigenvalue weighted by Gasteiger charge is 1.87. The molecule has 0 N–H and O–H groups in total. The van der Waals surface area contributed by atoms with Crippen molar-refractivity contribution in [1.82, 2.24) is 0 Å². The molecule has 0 saturated heterocycles. The summed E-state index contributed by atoms with van der Waals surface area (Å²) in [6.45, 7) is 0.854. The molecule has 0 aromatic rings. The molecule has 0 aliphatic carbocycles. The lowest BCUT2D eigenvalue weighted by atomic mass is 10.2. The molecule has 2 nitrogen and oxygen atoms in total. The van der Waals surface area contributed by atoms with Crippen molar-refractivity contribution in [3.05, 3.63) is 0 Å². The summed E-state index contributed by atoms with van der Waals surface area (Å²) >= 11 is 0. The van der Waals surface area contributed by atoms with Gasteiger partial charge in [0, 0.05) is 20.1 Å². The number of unbranched alkanes of at least 4 members (excludes halogenated alkanes) is 4. The van der Waals surface area contributed by atoms with E-state index < -0.39 is 0 Å². The maximum Gasteiger partial charge on any atom is 0.0621 e. The van der Waals surface area contributed by atoms with Crippen molar-refractivity contribution < 1.29 is 4.74 Å². The molecule has 0 amide bonds. The Labute approximate surface area is 62.8 Å². The first-order chi connectivity index (χ1) is 4.91. The standard InChI is InChI=1S/C8H15NO/c1-10-8-6-4-2-3-5-7-9/h2-6,8H2,1H3. The number of hydrogen-bond acceptors (Lipinski definition) is 2. The number of nitriles is 1. The highest BCUT2D eigenvalue weighted by atomic mass is 16.5. The summed E-state index contributed by atoms with van der Waals surface area (Å²) in [5.41, 5.74) is 0. The van der Waals surface area contributed by atoms with Crippen LogP contribution in [0.1, 0.15) is 32.1 Å². The number of methoxy groups -OCH3 is 1. The van der Waals surface area contributed by atoms with E-state index in [4.69, 9.17) is 10.00 Å². The molecule has 0 aromatic carbocycles. The fraction of sp³-hybridized carbons (Fsp3) is 0.875. The third-order valence-corrected chi connectivity index (χ3v) is 1.39. The minimum absolute atomic E-state index is 0.701. The number of hydrogen-bond donors (Lipinski definition) is 0. The van der Waals surface area contributed by atoms with Crippen LogP contribution in [0, 0.1) is 11.3 Å². The van der Waals surface area contributed by atoms with Crippen molar-refractivity contribution in [1.29, 1.82) is 5.26 Å². The smallest absolute Gasteiger partial charge is 0.0621 e. The molecule has 2 heteroatoms. The van der Waals surface area contributed by atoms with Crippen LogP contribution in [0.5, 0.6) is 0 Å². The quantitative estimate of drug-likeness (QED) is 0.531. The van der Waals surface area contributed by atoms with E-state index in [0.29, 0.717) is 6.42 Å². The van der Waals surface area contributed by atoms with E-state index >= 15 is 0 Å². The van der Waals surface area contributed by atoms with Gasteiger partial charge in [0.15, 0.2) is 0 Å². The summed E-state index contributed by atoms with van der Waals surface area (Å²) in [5.74, 6) is 0. The summed E-state index contributed by atoms with van der Waals surface area (Å²) < 4.78 is 4.88. The number of ether oxygens (including phenoxy) is 1. The van der Waals surface area contributed by atoms with Crippen LogP contribution in [-0.2, 0) is 4.74 Å². The highest BCUT2D eigenvalue weighted by molar-refractivity contribution is 4.67. The summed E-state index contributed by atoms with van der Waals surface area (Å²) in [7, 11) is 1.72. The minimum atomic E-state index is 0.701. The first-order valence-electron chi connectivity index (χ1n) is 3.77. The zero-order valence-corrected chi connectivity index (χ0v) is 6.60. The van der Waals surface area contributed by atoms with Crippen LogP contribution in [0.4, 0.5) is 0 Å². The summed E-state index contributed by atoms with van der Waals surface area (Å²) in [6.07, 6.45) is 5.22. The molecule has 0 fully saturated rings. The van der Waals surface area contributed by atoms with Gasteiger partial charge in [-0.05, 0) is 12.8 Å². The van der Waals surface area contributed by atoms with Crippen molar-refractivity contribution in [2.75, 3.05) is 13.7 Å². The molecule has 58 valence electrons. The third-order valence-electron chi connectivity index (χ3n) is 1.39. The number of rotatable bonds is 6. The van der Waals surface area contributed by atoms with Crippen LogP contribution in [-0.4, -0.2) is 13.7 Å². The fourth-order valence-corrected chi connectivity index (χ4v) is 0.804. The molecule has 0 rings (SSSR count). The molecule has 0 atom stereocenters. The van der Waals surface area contributed by atoms with E-state index in [9.17, 15) is 0 Å². The van der Waals surface area contributed by atoms with Gasteiger partial charge in [-0.25, -0.2) is 0 Å². The van der Waals surface area contributed by atoms with E-state index in [0.717, 1.165) is 25.9 Å². The molecular formula is C8H15NO. The Morgan fingerprint density at radius 1 is 1.20 bits per heavy atom. The van der Waals surface area contributed by atoms with Crippen LogP contribution in [0.15, 0.2) is 0 Å². The zero-order valence-electron chi connectivity index (χ0n) is 6.60. The van der Waals surface area contributed by atoms with Gasteiger partial charge >= 0.3 is 0 Å². The molecule has 0 aliphatic rings. The Morgan fingerprint density at radius 2 is 1.90 bits per heavy atom. The SMILES string of the molecule is COCCCCCCC#N. The maximum absolute atomic E-state index is 8.19. The lowest BCUT2D eigenvalue weighted by Gasteiger charge is -1.96. The molecule has 0 spiro atoms. The van der Waals surface area contributed by atoms with Gasteiger partial charge in [0.25, 0.3) is 0 Å². The van der Waals surface area contributed by atoms with Crippen molar-refractivity contribution in [2.24, 2.45) is 0 Å². The van der Waals surface area contributed by atoms with Gasteiger partial charge in [0.1, 0.15) is 0 Å². The largest absolute Gasteiger partial charge is 0.385 e. The van der Waals surface area contributed by atoms with Gasteiger partial charge in [-0.2, -0.15) is 5.26 Å². The predicted molar refractivity (Wildman–Crippen MR) is 40.6 cm³/mol. The van der Waals surface area contributed by atoms with Crippen molar-refractivity contribution in [3.63, 3.8) is 0 Å². The van der Waals surface area contributed by atoms with Gasteiger partial charge in [-0.1, -0.05) is 12.8 Å². The Hall–Kier alpha value is -0.550. The van der Waals surface area contributed by atoms with Crippen molar-refractivity contribution in [3.8, 4) is 6.07 Å². The maximum atomic E-state index is 8.19. The lowest BCUT2D eigenvalue weighted by molar-refractivity contribution is 0.192. The zero-order chi connectivity index (χ0) is 7.66. The predicted octanol–water partition coefficient (Wildman–Crippen LogP) is 2.11. The number of nitrogens with zero attached hydrogens (tertiary/aromatic N) is 1. The average molecular weight is 141 g/mol. The normalized spacial score (nSPS) is 9.20. The summed E-state index contributed by atoms with van der Waals surface area (Å²) in [5, 5.41) is 8.19. The van der Waals surface area contributed by atoms with Gasteiger partial charge in [0.2, 0.25) is 0 Å². The lowest BCUT2D eigenvalue weighted by Crippen LogP contribution is -1.87. The first-order valence-corrected chi connectivity index (χ1v) is 3.77. The minimum Gasteiger partial charge on any atom is -0.385 e. The molecule has 0 saturated carbocycles. The topological polar surface area (TPSA) is 33.0 Å². The molecular weight excluding hydrogens is 126 g/mol. The van der Waals surface area contributed by atoms with Crippen LogP contribution < -0.4 is 0 Å². The van der Waals surface area contributed by atoms with Gasteiger partial charge in [-0.15, -0.1) is 0 Å². The van der Waals surface area contributed by atoms with E-state index in [1.54, 1.807) is 7.11 Å². The second kappa shape index (κ2) is 8.45. The monoisotopic (exact) mass is 141 g/mol.